The van der Waals surface area contributed by atoms with Crippen LogP contribution in [0.3, 0.4) is 0 Å². The van der Waals surface area contributed by atoms with E-state index in [0.29, 0.717) is 25.9 Å². The summed E-state index contributed by atoms with van der Waals surface area (Å²) in [6.45, 7) is 0.725. The van der Waals surface area contributed by atoms with Gasteiger partial charge in [-0.3, -0.25) is 14.4 Å². The smallest absolute Gasteiger partial charge is 0.306 e. The number of phenols is 2. The summed E-state index contributed by atoms with van der Waals surface area (Å²) in [4.78, 5) is 38.5. The van der Waals surface area contributed by atoms with Crippen LogP contribution >= 0.6 is 0 Å². The number of rotatable bonds is 2. The lowest BCUT2D eigenvalue weighted by atomic mass is 9.82. The fourth-order valence-electron chi connectivity index (χ4n) is 3.85. The van der Waals surface area contributed by atoms with Crippen molar-refractivity contribution in [3.63, 3.8) is 0 Å². The molecule has 3 N–H and O–H groups in total. The second-order valence-electron chi connectivity index (χ2n) is 6.82. The van der Waals surface area contributed by atoms with Gasteiger partial charge in [-0.05, 0) is 12.8 Å². The maximum absolute atomic E-state index is 12.9. The molecule has 7 heteroatoms. The SMILES string of the molecule is O=C1c2ccccc2C(=O)c2c(O)c(N3CCC(C(=O)O)CC3)cc(O)c21. The average molecular weight is 367 g/mol. The molecule has 2 aromatic carbocycles. The van der Waals surface area contributed by atoms with E-state index in [1.54, 1.807) is 17.0 Å². The first-order chi connectivity index (χ1) is 12.9. The maximum Gasteiger partial charge on any atom is 0.306 e. The van der Waals surface area contributed by atoms with E-state index in [0.717, 1.165) is 0 Å². The zero-order chi connectivity index (χ0) is 19.3. The normalized spacial score (nSPS) is 16.8. The highest BCUT2D eigenvalue weighted by Gasteiger charge is 2.37. The number of hydrogen-bond donors (Lipinski definition) is 3. The number of fused-ring (bicyclic) bond motifs is 2. The van der Waals surface area contributed by atoms with Gasteiger partial charge >= 0.3 is 5.97 Å². The van der Waals surface area contributed by atoms with E-state index in [-0.39, 0.29) is 39.4 Å². The maximum atomic E-state index is 12.9. The highest BCUT2D eigenvalue weighted by molar-refractivity contribution is 6.30. The molecule has 138 valence electrons. The van der Waals surface area contributed by atoms with Crippen molar-refractivity contribution in [1.82, 2.24) is 0 Å². The van der Waals surface area contributed by atoms with Gasteiger partial charge in [0.2, 0.25) is 0 Å². The van der Waals surface area contributed by atoms with Crippen molar-refractivity contribution in [3.05, 3.63) is 52.6 Å². The topological polar surface area (TPSA) is 115 Å². The molecule has 1 fully saturated rings. The predicted octanol–water partition coefficient (Wildman–Crippen LogP) is 2.17. The fourth-order valence-corrected chi connectivity index (χ4v) is 3.85. The molecule has 0 atom stereocenters. The number of carboxylic acids is 1. The Balaban J connectivity index is 1.79. The Hall–Kier alpha value is -3.35. The molecule has 0 saturated carbocycles. The number of carbonyl (C=O) groups excluding carboxylic acids is 2. The highest BCUT2D eigenvalue weighted by Crippen LogP contribution is 2.44. The number of carboxylic acid groups (broad SMARTS) is 1. The molecule has 7 nitrogen and oxygen atoms in total. The van der Waals surface area contributed by atoms with Crippen LogP contribution in [0.5, 0.6) is 11.5 Å². The lowest BCUT2D eigenvalue weighted by Gasteiger charge is -2.33. The zero-order valence-electron chi connectivity index (χ0n) is 14.3. The third kappa shape index (κ3) is 2.54. The van der Waals surface area contributed by atoms with Gasteiger partial charge in [-0.15, -0.1) is 0 Å². The molecular weight excluding hydrogens is 350 g/mol. The molecular formula is C20H17NO6. The Bertz CT molecular complexity index is 988. The molecule has 0 bridgehead atoms. The van der Waals surface area contributed by atoms with Crippen LogP contribution in [-0.2, 0) is 4.79 Å². The Morgan fingerprint density at radius 2 is 1.52 bits per heavy atom. The van der Waals surface area contributed by atoms with Crippen LogP contribution in [0.4, 0.5) is 5.69 Å². The number of hydrogen-bond acceptors (Lipinski definition) is 6. The molecule has 2 aromatic rings. The summed E-state index contributed by atoms with van der Waals surface area (Å²) in [5.41, 5.74) is 0.219. The average Bonchev–Trinajstić information content (AvgIpc) is 2.67. The summed E-state index contributed by atoms with van der Waals surface area (Å²) in [6, 6.07) is 7.56. The van der Waals surface area contributed by atoms with Crippen molar-refractivity contribution in [1.29, 1.82) is 0 Å². The summed E-state index contributed by atoms with van der Waals surface area (Å²) >= 11 is 0. The van der Waals surface area contributed by atoms with E-state index in [2.05, 4.69) is 0 Å². The van der Waals surface area contributed by atoms with Crippen LogP contribution in [0.15, 0.2) is 30.3 Å². The molecule has 4 rings (SSSR count). The number of phenolic OH excluding ortho intramolecular Hbond substituents is 2. The van der Waals surface area contributed by atoms with E-state index >= 15 is 0 Å². The van der Waals surface area contributed by atoms with Gasteiger partial charge in [0.05, 0.1) is 22.7 Å². The van der Waals surface area contributed by atoms with Gasteiger partial charge in [0.25, 0.3) is 0 Å². The van der Waals surface area contributed by atoms with Gasteiger partial charge in [0.1, 0.15) is 5.75 Å². The van der Waals surface area contributed by atoms with Gasteiger partial charge in [0.15, 0.2) is 17.3 Å². The number of benzene rings is 2. The first-order valence-electron chi connectivity index (χ1n) is 8.65. The predicted molar refractivity (Wildman–Crippen MR) is 95.7 cm³/mol. The number of carbonyl (C=O) groups is 3. The summed E-state index contributed by atoms with van der Waals surface area (Å²) < 4.78 is 0. The molecule has 0 amide bonds. The van der Waals surface area contributed by atoms with Crippen molar-refractivity contribution in [2.75, 3.05) is 18.0 Å². The van der Waals surface area contributed by atoms with Crippen molar-refractivity contribution >= 4 is 23.2 Å². The number of aliphatic carboxylic acids is 1. The van der Waals surface area contributed by atoms with Crippen LogP contribution < -0.4 is 4.90 Å². The van der Waals surface area contributed by atoms with Gasteiger partial charge in [0, 0.05) is 30.3 Å². The molecule has 0 unspecified atom stereocenters. The quantitative estimate of drug-likeness (QED) is 0.595. The van der Waals surface area contributed by atoms with Gasteiger partial charge in [-0.2, -0.15) is 0 Å². The minimum atomic E-state index is -0.857. The molecule has 1 saturated heterocycles. The minimum Gasteiger partial charge on any atom is -0.507 e. The fraction of sp³-hybridized carbons (Fsp3) is 0.250. The molecule has 0 radical (unpaired) electrons. The number of anilines is 1. The lowest BCUT2D eigenvalue weighted by molar-refractivity contribution is -0.142. The monoisotopic (exact) mass is 367 g/mol. The molecule has 1 aliphatic carbocycles. The van der Waals surface area contributed by atoms with E-state index in [9.17, 15) is 24.6 Å². The summed E-state index contributed by atoms with van der Waals surface area (Å²) in [6.07, 6.45) is 0.782. The number of ketones is 2. The molecule has 1 heterocycles. The Morgan fingerprint density at radius 3 is 2.07 bits per heavy atom. The second-order valence-corrected chi connectivity index (χ2v) is 6.82. The van der Waals surface area contributed by atoms with Crippen LogP contribution in [0.1, 0.15) is 44.7 Å². The van der Waals surface area contributed by atoms with Gasteiger partial charge in [-0.25, -0.2) is 0 Å². The molecule has 0 aromatic heterocycles. The minimum absolute atomic E-state index is 0.187. The number of aromatic hydroxyl groups is 2. The van der Waals surface area contributed by atoms with E-state index in [1.165, 1.54) is 18.2 Å². The van der Waals surface area contributed by atoms with Crippen LogP contribution in [-0.4, -0.2) is 45.9 Å². The number of nitrogens with zero attached hydrogens (tertiary/aromatic N) is 1. The van der Waals surface area contributed by atoms with Crippen molar-refractivity contribution in [2.24, 2.45) is 5.92 Å². The number of piperidine rings is 1. The van der Waals surface area contributed by atoms with Crippen LogP contribution in [0, 0.1) is 5.92 Å². The van der Waals surface area contributed by atoms with Gasteiger partial charge in [-0.1, -0.05) is 24.3 Å². The van der Waals surface area contributed by atoms with E-state index in [1.807, 2.05) is 0 Å². The summed E-state index contributed by atoms with van der Waals surface area (Å²) in [5, 5.41) is 30.3. The summed E-state index contributed by atoms with van der Waals surface area (Å²) in [5.74, 6) is -3.07. The van der Waals surface area contributed by atoms with Crippen molar-refractivity contribution < 1.29 is 29.7 Å². The largest absolute Gasteiger partial charge is 0.507 e. The molecule has 1 aliphatic heterocycles. The first kappa shape index (κ1) is 17.1. The third-order valence-electron chi connectivity index (χ3n) is 5.31. The molecule has 0 spiro atoms. The van der Waals surface area contributed by atoms with E-state index < -0.39 is 23.5 Å². The Labute approximate surface area is 154 Å². The Morgan fingerprint density at radius 1 is 0.963 bits per heavy atom. The van der Waals surface area contributed by atoms with Crippen LogP contribution in [0.25, 0.3) is 0 Å². The van der Waals surface area contributed by atoms with Crippen molar-refractivity contribution in [2.45, 2.75) is 12.8 Å². The van der Waals surface area contributed by atoms with Crippen LogP contribution in [0.2, 0.25) is 0 Å². The van der Waals surface area contributed by atoms with Crippen molar-refractivity contribution in [3.8, 4) is 11.5 Å². The molecule has 2 aliphatic rings. The van der Waals surface area contributed by atoms with E-state index in [4.69, 9.17) is 5.11 Å². The standard InChI is InChI=1S/C20H17NO6/c22-14-9-13(21-7-5-10(6-8-21)20(26)27)19(25)16-15(14)17(23)11-3-1-2-4-12(11)18(16)24/h1-4,9-10,22,25H,5-8H2,(H,26,27). The first-order valence-corrected chi connectivity index (χ1v) is 8.65. The highest BCUT2D eigenvalue weighted by atomic mass is 16.4. The zero-order valence-corrected chi connectivity index (χ0v) is 14.3. The Kier molecular flexibility index (Phi) is 3.87. The third-order valence-corrected chi connectivity index (χ3v) is 5.31. The summed E-state index contributed by atoms with van der Waals surface area (Å²) in [7, 11) is 0. The molecule has 27 heavy (non-hydrogen) atoms. The lowest BCUT2D eigenvalue weighted by Crippen LogP contribution is -2.36. The second kappa shape index (κ2) is 6.12. The van der Waals surface area contributed by atoms with Gasteiger partial charge < -0.3 is 20.2 Å².